The van der Waals surface area contributed by atoms with Crippen LogP contribution in [-0.2, 0) is 66.5 Å². The second-order valence-corrected chi connectivity index (χ2v) is 20.8. The van der Waals surface area contributed by atoms with Crippen LogP contribution < -0.4 is 0 Å². The SMILES string of the molecule is CCC(CC(=O)OC)C(F)(F)CC(=O)OC.CCCCOCC(CCCOC(=O)C(F)(OC(F)(F)C(F)(F)C(F)(F)F)C(F)(F)F)CCOC(=O)C(F)(OC(F)(F)C(F)(F)C(F)(F)F)C(F)(F)F.CF.CO.COC(F)(F)C(F)(F)C(F)(F)C(F)(F)C(F)(F)C(F)(F)CCOC(F)(F)F.FCC(F)(F)C(F)(F)CCOC(F)(F)F. The Labute approximate surface area is 605 Å². The van der Waals surface area contributed by atoms with Crippen molar-refractivity contribution < 1.29 is 282 Å². The van der Waals surface area contributed by atoms with Crippen molar-refractivity contribution in [3.05, 3.63) is 0 Å². The van der Waals surface area contributed by atoms with E-state index in [4.69, 9.17) is 9.84 Å². The molecule has 0 aliphatic carbocycles. The van der Waals surface area contributed by atoms with E-state index < -0.39 is 254 Å². The highest BCUT2D eigenvalue weighted by Gasteiger charge is 2.91. The molecular formula is C51H58F48O15. The van der Waals surface area contributed by atoms with Crippen molar-refractivity contribution in [1.82, 2.24) is 0 Å². The third-order valence-electron chi connectivity index (χ3n) is 12.6. The molecule has 0 aliphatic rings. The number of methoxy groups -OCH3 is 3. The zero-order chi connectivity index (χ0) is 93.1. The van der Waals surface area contributed by atoms with E-state index in [1.165, 1.54) is 6.92 Å². The molecule has 688 valence electrons. The standard InChI is InChI=1S/C23H22F22O7.C10H7F15O2.C10H16F2O4.C6H6F8O.CH3F.CH4O/c1-2-3-7-48-10-11(6-9-50-13(47)15(25,19(33,34)35)52-23(44,45)17(28,29)21(39,40)41)5-4-8-49-12(46)14(24,18(30,31)32)51-22(42,43)16(26,27)20(36,37)38;1-26-9(21,22)8(19,20)7(17,18)6(15,16)5(13,14)4(11,12)2-3-27-10(23,24)25;1-4-7(5-8(13)15-2)10(11,12)6-9(14)16-3;7-3-5(10,11)4(8,9)1-2-15-6(12,13)14;2*1-2/h11H,2-10H2,1H3;2-3H2,1H3;7H,4-6H2,1-3H3;1-3H2;1H3;2H,1H3. The molecule has 0 radical (unpaired) electrons. The van der Waals surface area contributed by atoms with Crippen molar-refractivity contribution in [2.24, 2.45) is 11.8 Å². The molecule has 1 N–H and O–H groups in total. The van der Waals surface area contributed by atoms with Gasteiger partial charge in [-0.3, -0.25) is 32.9 Å². The first-order valence-corrected chi connectivity index (χ1v) is 28.7. The number of carbonyl (C=O) groups is 4. The monoisotopic (exact) mass is 1820 g/mol. The average Bonchev–Trinajstić information content (AvgIpc) is 0.710. The first kappa shape index (κ1) is 119. The molecule has 0 bridgehead atoms. The molecule has 4 atom stereocenters. The van der Waals surface area contributed by atoms with E-state index in [2.05, 4.69) is 33.2 Å². The second-order valence-electron chi connectivity index (χ2n) is 20.8. The van der Waals surface area contributed by atoms with Gasteiger partial charge in [0.1, 0.15) is 6.42 Å². The van der Waals surface area contributed by atoms with Gasteiger partial charge in [-0.1, -0.05) is 20.3 Å². The van der Waals surface area contributed by atoms with Gasteiger partial charge in [-0.15, -0.1) is 26.3 Å². The zero-order valence-electron chi connectivity index (χ0n) is 57.0. The minimum Gasteiger partial charge on any atom is -0.469 e. The maximum absolute atomic E-state index is 14.3. The third kappa shape index (κ3) is 33.2. The summed E-state index contributed by atoms with van der Waals surface area (Å²) in [6.45, 7) is -7.61. The molecular weight excluding hydrogens is 1760 g/mol. The molecule has 4 unspecified atom stereocenters. The molecule has 63 heteroatoms. The van der Waals surface area contributed by atoms with E-state index in [1.807, 2.05) is 9.47 Å². The summed E-state index contributed by atoms with van der Waals surface area (Å²) in [5.74, 6) is -90.2. The van der Waals surface area contributed by atoms with Gasteiger partial charge in [-0.05, 0) is 38.0 Å². The van der Waals surface area contributed by atoms with E-state index in [0.717, 1.165) is 21.3 Å². The molecule has 0 fully saturated rings. The Kier molecular flexibility index (Phi) is 46.3. The van der Waals surface area contributed by atoms with Gasteiger partial charge in [0, 0.05) is 46.2 Å². The Morgan fingerprint density at radius 1 is 0.377 bits per heavy atom. The number of esters is 4. The van der Waals surface area contributed by atoms with Crippen molar-refractivity contribution >= 4 is 23.9 Å². The molecule has 0 rings (SSSR count). The van der Waals surface area contributed by atoms with Crippen LogP contribution in [0.5, 0.6) is 0 Å². The summed E-state index contributed by atoms with van der Waals surface area (Å²) in [5.41, 5.74) is 0. The molecule has 0 saturated heterocycles. The fourth-order valence-electron chi connectivity index (χ4n) is 6.34. The summed E-state index contributed by atoms with van der Waals surface area (Å²) in [6.07, 6.45) is -69.3. The lowest BCUT2D eigenvalue weighted by Crippen LogP contribution is -2.70. The van der Waals surface area contributed by atoms with Gasteiger partial charge in [-0.2, -0.15) is 167 Å². The summed E-state index contributed by atoms with van der Waals surface area (Å²) in [5, 5.41) is 7.00. The molecule has 0 heterocycles. The maximum Gasteiger partial charge on any atom is 0.522 e. The first-order valence-electron chi connectivity index (χ1n) is 28.7. The van der Waals surface area contributed by atoms with E-state index in [9.17, 15) is 230 Å². The number of hydrogen-bond donors (Lipinski definition) is 1. The Morgan fingerprint density at radius 3 is 1.04 bits per heavy atom. The highest BCUT2D eigenvalue weighted by molar-refractivity contribution is 5.79. The molecule has 0 aromatic rings. The van der Waals surface area contributed by atoms with Gasteiger partial charge in [0.25, 0.3) is 5.92 Å². The van der Waals surface area contributed by atoms with E-state index in [1.54, 1.807) is 6.92 Å². The zero-order valence-corrected chi connectivity index (χ0v) is 57.0. The van der Waals surface area contributed by atoms with E-state index >= 15 is 0 Å². The quantitative estimate of drug-likeness (QED) is 0.0265. The molecule has 0 amide bonds. The molecule has 0 aromatic heterocycles. The van der Waals surface area contributed by atoms with E-state index in [0.29, 0.717) is 13.6 Å². The maximum atomic E-state index is 14.3. The minimum atomic E-state index is -7.87. The molecule has 0 aromatic carbocycles. The molecule has 15 nitrogen and oxygen atoms in total. The second kappa shape index (κ2) is 44.3. The summed E-state index contributed by atoms with van der Waals surface area (Å²) >= 11 is 0. The number of carbonyl (C=O) groups excluding carboxylic acids is 4. The lowest BCUT2D eigenvalue weighted by atomic mass is 9.92. The van der Waals surface area contributed by atoms with Crippen LogP contribution in [0.15, 0.2) is 0 Å². The first-order chi connectivity index (χ1) is 50.3. The van der Waals surface area contributed by atoms with Crippen LogP contribution in [0, 0.1) is 11.8 Å². The summed E-state index contributed by atoms with van der Waals surface area (Å²) in [6, 6.07) is 0. The number of hydrogen-bond acceptors (Lipinski definition) is 15. The van der Waals surface area contributed by atoms with Crippen LogP contribution in [0.1, 0.15) is 78.1 Å². The van der Waals surface area contributed by atoms with Gasteiger partial charge < -0.3 is 33.5 Å². The van der Waals surface area contributed by atoms with Crippen LogP contribution in [-0.4, -0.2) is 238 Å². The number of ether oxygens (including phenoxy) is 10. The van der Waals surface area contributed by atoms with Crippen molar-refractivity contribution in [2.75, 3.05) is 81.9 Å². The number of unbranched alkanes of at least 4 members (excludes halogenated alkanes) is 1. The smallest absolute Gasteiger partial charge is 0.469 e. The van der Waals surface area contributed by atoms with Crippen LogP contribution in [0.2, 0.25) is 0 Å². The Hall–Kier alpha value is -5.76. The average molecular weight is 1820 g/mol. The summed E-state index contributed by atoms with van der Waals surface area (Å²) < 4.78 is 640. The Balaban J connectivity index is -0.000000387. The molecule has 0 saturated carbocycles. The number of rotatable bonds is 40. The van der Waals surface area contributed by atoms with Crippen LogP contribution in [0.25, 0.3) is 0 Å². The minimum absolute atomic E-state index is 0.0824. The van der Waals surface area contributed by atoms with Gasteiger partial charge in [0.05, 0.1) is 54.2 Å². The van der Waals surface area contributed by atoms with Crippen LogP contribution in [0.3, 0.4) is 0 Å². The highest BCUT2D eigenvalue weighted by atomic mass is 19.5. The predicted molar refractivity (Wildman–Crippen MR) is 272 cm³/mol. The topological polar surface area (TPSA) is 181 Å². The number of aliphatic hydroxyl groups excluding tert-OH is 1. The van der Waals surface area contributed by atoms with Crippen molar-refractivity contribution in [1.29, 1.82) is 0 Å². The number of halogens is 48. The van der Waals surface area contributed by atoms with Gasteiger partial charge in [0.2, 0.25) is 0 Å². The highest BCUT2D eigenvalue weighted by Crippen LogP contribution is 2.61. The molecule has 0 spiro atoms. The predicted octanol–water partition coefficient (Wildman–Crippen LogP) is 19.2. The van der Waals surface area contributed by atoms with Gasteiger partial charge in [-0.25, -0.2) is 22.8 Å². The van der Waals surface area contributed by atoms with Crippen LogP contribution >= 0.6 is 0 Å². The fraction of sp³-hybridized carbons (Fsp3) is 0.922. The number of alkyl halides is 48. The van der Waals surface area contributed by atoms with E-state index in [-0.39, 0.29) is 19.4 Å². The molecule has 114 heavy (non-hydrogen) atoms. The lowest BCUT2D eigenvalue weighted by molar-refractivity contribution is -0.475. The van der Waals surface area contributed by atoms with Crippen molar-refractivity contribution in [3.8, 4) is 0 Å². The van der Waals surface area contributed by atoms with Gasteiger partial charge in [0.15, 0.2) is 6.67 Å². The fourth-order valence-corrected chi connectivity index (χ4v) is 6.34. The Morgan fingerprint density at radius 2 is 0.728 bits per heavy atom. The largest absolute Gasteiger partial charge is 0.522 e. The third-order valence-corrected chi connectivity index (χ3v) is 12.6. The van der Waals surface area contributed by atoms with Gasteiger partial charge >= 0.3 is 145 Å². The number of aliphatic hydroxyl groups is 1. The normalized spacial score (nSPS) is 15.5. The lowest BCUT2D eigenvalue weighted by Gasteiger charge is -2.40. The summed E-state index contributed by atoms with van der Waals surface area (Å²) in [4.78, 5) is 45.0. The Bertz CT molecular complexity index is 2790. The van der Waals surface area contributed by atoms with Crippen molar-refractivity contribution in [3.63, 3.8) is 0 Å². The van der Waals surface area contributed by atoms with Crippen LogP contribution in [0.4, 0.5) is 211 Å². The summed E-state index contributed by atoms with van der Waals surface area (Å²) in [7, 11) is 3.26. The molecule has 0 aliphatic heterocycles. The van der Waals surface area contributed by atoms with Crippen molar-refractivity contribution in [2.45, 2.75) is 205 Å².